The molecule has 0 atom stereocenters. The minimum Gasteiger partial charge on any atom is -0.356 e. The highest BCUT2D eigenvalue weighted by molar-refractivity contribution is 5.98. The molecule has 0 radical (unpaired) electrons. The van der Waals surface area contributed by atoms with Crippen molar-refractivity contribution in [2.24, 2.45) is 0 Å². The average Bonchev–Trinajstić information content (AvgIpc) is 2.88. The second-order valence-corrected chi connectivity index (χ2v) is 4.51. The number of H-pyrrole nitrogens is 1. The lowest BCUT2D eigenvalue weighted by Crippen LogP contribution is -2.26. The van der Waals surface area contributed by atoms with Gasteiger partial charge >= 0.3 is 0 Å². The molecule has 2 rings (SSSR count). The van der Waals surface area contributed by atoms with E-state index in [-0.39, 0.29) is 11.7 Å². The summed E-state index contributed by atoms with van der Waals surface area (Å²) < 4.78 is 0. The summed E-state index contributed by atoms with van der Waals surface area (Å²) in [6, 6.07) is 11.4. The Labute approximate surface area is 112 Å². The molecule has 1 amide bonds. The number of carbonyl (C=O) groups excluding carboxylic acids is 2. The molecule has 4 nitrogen and oxygen atoms in total. The first kappa shape index (κ1) is 13.1. The van der Waals surface area contributed by atoms with Crippen LogP contribution in [0.2, 0.25) is 0 Å². The number of amides is 1. The van der Waals surface area contributed by atoms with Crippen LogP contribution in [-0.2, 0) is 6.54 Å². The first-order valence-corrected chi connectivity index (χ1v) is 6.06. The van der Waals surface area contributed by atoms with Gasteiger partial charge in [0.1, 0.15) is 5.69 Å². The van der Waals surface area contributed by atoms with Crippen molar-refractivity contribution >= 4 is 11.7 Å². The highest BCUT2D eigenvalue weighted by Gasteiger charge is 2.15. The van der Waals surface area contributed by atoms with Gasteiger partial charge in [-0.1, -0.05) is 30.3 Å². The fourth-order valence-electron chi connectivity index (χ4n) is 1.86. The van der Waals surface area contributed by atoms with Crippen LogP contribution in [0.3, 0.4) is 0 Å². The van der Waals surface area contributed by atoms with Gasteiger partial charge in [0.15, 0.2) is 5.78 Å². The minimum atomic E-state index is -0.128. The molecule has 0 fully saturated rings. The maximum Gasteiger partial charge on any atom is 0.270 e. The summed E-state index contributed by atoms with van der Waals surface area (Å²) >= 11 is 0. The third-order valence-corrected chi connectivity index (χ3v) is 2.93. The zero-order chi connectivity index (χ0) is 13.8. The largest absolute Gasteiger partial charge is 0.356 e. The van der Waals surface area contributed by atoms with Crippen molar-refractivity contribution in [3.63, 3.8) is 0 Å². The predicted molar refractivity (Wildman–Crippen MR) is 73.0 cm³/mol. The molecule has 0 aliphatic rings. The number of nitrogens with one attached hydrogen (secondary N) is 1. The summed E-state index contributed by atoms with van der Waals surface area (Å²) in [6.07, 6.45) is 1.56. The SMILES string of the molecule is CC(=O)c1c[nH]c(C(=O)N(C)Cc2ccccc2)c1. The molecule has 4 heteroatoms. The maximum absolute atomic E-state index is 12.2. The molecule has 1 heterocycles. The molecule has 0 spiro atoms. The number of benzene rings is 1. The van der Waals surface area contributed by atoms with E-state index in [1.807, 2.05) is 30.3 Å². The zero-order valence-corrected chi connectivity index (χ0v) is 11.0. The molecule has 0 saturated heterocycles. The molecule has 1 aromatic carbocycles. The van der Waals surface area contributed by atoms with Crippen LogP contribution < -0.4 is 0 Å². The van der Waals surface area contributed by atoms with E-state index in [9.17, 15) is 9.59 Å². The smallest absolute Gasteiger partial charge is 0.270 e. The van der Waals surface area contributed by atoms with Gasteiger partial charge in [0.2, 0.25) is 0 Å². The Bertz CT molecular complexity index is 587. The number of aromatic nitrogens is 1. The van der Waals surface area contributed by atoms with Gasteiger partial charge in [-0.05, 0) is 18.6 Å². The van der Waals surface area contributed by atoms with Crippen molar-refractivity contribution in [1.29, 1.82) is 0 Å². The molecular weight excluding hydrogens is 240 g/mol. The highest BCUT2D eigenvalue weighted by Crippen LogP contribution is 2.09. The number of ketones is 1. The van der Waals surface area contributed by atoms with Crippen molar-refractivity contribution in [2.75, 3.05) is 7.05 Å². The Hall–Kier alpha value is -2.36. The number of Topliss-reactive ketones (excluding diaryl/α,β-unsaturated/α-hetero) is 1. The second-order valence-electron chi connectivity index (χ2n) is 4.51. The molecule has 2 aromatic rings. The molecule has 0 aliphatic carbocycles. The average molecular weight is 256 g/mol. The van der Waals surface area contributed by atoms with Crippen molar-refractivity contribution in [2.45, 2.75) is 13.5 Å². The van der Waals surface area contributed by atoms with E-state index < -0.39 is 0 Å². The number of hydrogen-bond donors (Lipinski definition) is 1. The first-order valence-electron chi connectivity index (χ1n) is 6.06. The van der Waals surface area contributed by atoms with E-state index in [1.165, 1.54) is 6.92 Å². The summed E-state index contributed by atoms with van der Waals surface area (Å²) in [4.78, 5) is 27.8. The lowest BCUT2D eigenvalue weighted by molar-refractivity contribution is 0.0780. The van der Waals surface area contributed by atoms with E-state index in [0.717, 1.165) is 5.56 Å². The van der Waals surface area contributed by atoms with Gasteiger partial charge in [-0.25, -0.2) is 0 Å². The minimum absolute atomic E-state index is 0.0546. The fraction of sp³-hybridized carbons (Fsp3) is 0.200. The van der Waals surface area contributed by atoms with Crippen LogP contribution in [0.1, 0.15) is 33.3 Å². The maximum atomic E-state index is 12.2. The Morgan fingerprint density at radius 1 is 1.21 bits per heavy atom. The van der Waals surface area contributed by atoms with Gasteiger partial charge in [0.05, 0.1) is 0 Å². The van der Waals surface area contributed by atoms with Gasteiger partial charge in [-0.15, -0.1) is 0 Å². The zero-order valence-electron chi connectivity index (χ0n) is 11.0. The molecule has 98 valence electrons. The highest BCUT2D eigenvalue weighted by atomic mass is 16.2. The van der Waals surface area contributed by atoms with Gasteiger partial charge in [0.25, 0.3) is 5.91 Å². The molecule has 19 heavy (non-hydrogen) atoms. The normalized spacial score (nSPS) is 10.2. The summed E-state index contributed by atoms with van der Waals surface area (Å²) in [6.45, 7) is 2.01. The number of rotatable bonds is 4. The van der Waals surface area contributed by atoms with Gasteiger partial charge in [-0.3, -0.25) is 9.59 Å². The van der Waals surface area contributed by atoms with Crippen LogP contribution in [0.15, 0.2) is 42.6 Å². The monoisotopic (exact) mass is 256 g/mol. The van der Waals surface area contributed by atoms with E-state index in [1.54, 1.807) is 24.2 Å². The molecule has 0 saturated carbocycles. The molecule has 0 bridgehead atoms. The van der Waals surface area contributed by atoms with Crippen LogP contribution in [0.5, 0.6) is 0 Å². The van der Waals surface area contributed by atoms with Gasteiger partial charge in [-0.2, -0.15) is 0 Å². The summed E-state index contributed by atoms with van der Waals surface area (Å²) in [5.74, 6) is -0.183. The van der Waals surface area contributed by atoms with Crippen LogP contribution in [0.4, 0.5) is 0 Å². The Kier molecular flexibility index (Phi) is 3.80. The van der Waals surface area contributed by atoms with E-state index >= 15 is 0 Å². The molecule has 0 unspecified atom stereocenters. The fourth-order valence-corrected chi connectivity index (χ4v) is 1.86. The van der Waals surface area contributed by atoms with Crippen LogP contribution in [-0.4, -0.2) is 28.6 Å². The summed E-state index contributed by atoms with van der Waals surface area (Å²) in [5.41, 5.74) is 2.02. The Morgan fingerprint density at radius 3 is 2.47 bits per heavy atom. The quantitative estimate of drug-likeness (QED) is 0.854. The predicted octanol–water partition coefficient (Wildman–Crippen LogP) is 2.49. The lowest BCUT2D eigenvalue weighted by Gasteiger charge is -2.16. The molecule has 0 aliphatic heterocycles. The van der Waals surface area contributed by atoms with Crippen LogP contribution in [0.25, 0.3) is 0 Å². The van der Waals surface area contributed by atoms with E-state index in [2.05, 4.69) is 4.98 Å². The standard InChI is InChI=1S/C15H16N2O2/c1-11(18)13-8-14(16-9-13)15(19)17(2)10-12-6-4-3-5-7-12/h3-9,16H,10H2,1-2H3. The van der Waals surface area contributed by atoms with E-state index in [4.69, 9.17) is 0 Å². The third-order valence-electron chi connectivity index (χ3n) is 2.93. The summed E-state index contributed by atoms with van der Waals surface area (Å²) in [5, 5.41) is 0. The molecule has 1 aromatic heterocycles. The van der Waals surface area contributed by atoms with Gasteiger partial charge < -0.3 is 9.88 Å². The van der Waals surface area contributed by atoms with Crippen molar-refractivity contribution in [1.82, 2.24) is 9.88 Å². The number of carbonyl (C=O) groups is 2. The van der Waals surface area contributed by atoms with Gasteiger partial charge in [0, 0.05) is 25.4 Å². The third kappa shape index (κ3) is 3.10. The van der Waals surface area contributed by atoms with Crippen molar-refractivity contribution in [3.8, 4) is 0 Å². The second kappa shape index (κ2) is 5.52. The Balaban J connectivity index is 2.08. The molecular formula is C15H16N2O2. The van der Waals surface area contributed by atoms with E-state index in [0.29, 0.717) is 17.8 Å². The van der Waals surface area contributed by atoms with Crippen molar-refractivity contribution < 1.29 is 9.59 Å². The first-order chi connectivity index (χ1) is 9.08. The Morgan fingerprint density at radius 2 is 1.89 bits per heavy atom. The number of nitrogens with zero attached hydrogens (tertiary/aromatic N) is 1. The number of aromatic amines is 1. The molecule has 1 N–H and O–H groups in total. The summed E-state index contributed by atoms with van der Waals surface area (Å²) in [7, 11) is 1.74. The van der Waals surface area contributed by atoms with Crippen LogP contribution >= 0.6 is 0 Å². The topological polar surface area (TPSA) is 53.2 Å². The lowest BCUT2D eigenvalue weighted by atomic mass is 10.2. The van der Waals surface area contributed by atoms with Crippen molar-refractivity contribution in [3.05, 3.63) is 59.4 Å². The van der Waals surface area contributed by atoms with Crippen LogP contribution in [0, 0.1) is 0 Å². The number of hydrogen-bond acceptors (Lipinski definition) is 2.